The van der Waals surface area contributed by atoms with Crippen LogP contribution in [-0.4, -0.2) is 19.0 Å². The Morgan fingerprint density at radius 1 is 1.21 bits per heavy atom. The predicted molar refractivity (Wildman–Crippen MR) is 74.2 cm³/mol. The van der Waals surface area contributed by atoms with Gasteiger partial charge in [0.05, 0.1) is 25.2 Å². The lowest BCUT2D eigenvalue weighted by molar-refractivity contribution is -0.167. The van der Waals surface area contributed by atoms with Crippen LogP contribution in [0.15, 0.2) is 24.3 Å². The molecule has 3 nitrogen and oxygen atoms in total. The summed E-state index contributed by atoms with van der Waals surface area (Å²) < 4.78 is 11.1. The Bertz CT molecular complexity index is 432. The number of ketones is 1. The molecule has 3 heteroatoms. The molecular formula is C16H22O3. The van der Waals surface area contributed by atoms with E-state index in [2.05, 4.69) is 13.8 Å². The zero-order valence-electron chi connectivity index (χ0n) is 11.9. The number of carbonyl (C=O) groups excluding carboxylic acids is 1. The van der Waals surface area contributed by atoms with Gasteiger partial charge in [-0.05, 0) is 30.5 Å². The van der Waals surface area contributed by atoms with Crippen LogP contribution in [0.25, 0.3) is 0 Å². The van der Waals surface area contributed by atoms with Gasteiger partial charge in [-0.3, -0.25) is 4.79 Å². The third-order valence-corrected chi connectivity index (χ3v) is 4.41. The molecule has 1 saturated carbocycles. The molecule has 2 rings (SSSR count). The van der Waals surface area contributed by atoms with Crippen molar-refractivity contribution in [3.63, 3.8) is 0 Å². The van der Waals surface area contributed by atoms with E-state index in [4.69, 9.17) is 9.47 Å². The van der Waals surface area contributed by atoms with Crippen LogP contribution in [0.4, 0.5) is 0 Å². The highest BCUT2D eigenvalue weighted by molar-refractivity contribution is 5.92. The lowest BCUT2D eigenvalue weighted by Crippen LogP contribution is -2.54. The maximum Gasteiger partial charge on any atom is 0.144 e. The second-order valence-corrected chi connectivity index (χ2v) is 5.14. The number of hydrogen-bond donors (Lipinski definition) is 0. The Kier molecular flexibility index (Phi) is 4.25. The van der Waals surface area contributed by atoms with Crippen LogP contribution in [-0.2, 0) is 16.1 Å². The molecule has 0 heterocycles. The maximum atomic E-state index is 11.8. The van der Waals surface area contributed by atoms with Gasteiger partial charge in [-0.1, -0.05) is 26.0 Å². The predicted octanol–water partition coefficient (Wildman–Crippen LogP) is 3.36. The van der Waals surface area contributed by atoms with Crippen molar-refractivity contribution in [3.05, 3.63) is 29.8 Å². The maximum absolute atomic E-state index is 11.8. The lowest BCUT2D eigenvalue weighted by Gasteiger charge is -2.46. The standard InChI is InChI=1S/C16H22O3/c1-4-16(5-2)14(17)10-15(16)19-11-12-6-8-13(18-3)9-7-12/h6-9,15H,4-5,10-11H2,1-3H3. The van der Waals surface area contributed by atoms with Crippen molar-refractivity contribution < 1.29 is 14.3 Å². The summed E-state index contributed by atoms with van der Waals surface area (Å²) in [6, 6.07) is 7.85. The Morgan fingerprint density at radius 3 is 2.32 bits per heavy atom. The smallest absolute Gasteiger partial charge is 0.144 e. The van der Waals surface area contributed by atoms with Crippen LogP contribution in [0.1, 0.15) is 38.7 Å². The molecule has 104 valence electrons. The second-order valence-electron chi connectivity index (χ2n) is 5.14. The summed E-state index contributed by atoms with van der Waals surface area (Å²) in [5.74, 6) is 1.20. The zero-order valence-corrected chi connectivity index (χ0v) is 11.9. The SMILES string of the molecule is CCC1(CC)C(=O)CC1OCc1ccc(OC)cc1. The molecule has 0 spiro atoms. The number of benzene rings is 1. The molecule has 19 heavy (non-hydrogen) atoms. The van der Waals surface area contributed by atoms with Crippen molar-refractivity contribution in [3.8, 4) is 5.75 Å². The highest BCUT2D eigenvalue weighted by atomic mass is 16.5. The van der Waals surface area contributed by atoms with Gasteiger partial charge in [0.15, 0.2) is 0 Å². The lowest BCUT2D eigenvalue weighted by atomic mass is 9.61. The molecule has 1 aliphatic carbocycles. The van der Waals surface area contributed by atoms with E-state index in [1.54, 1.807) is 7.11 Å². The quantitative estimate of drug-likeness (QED) is 0.788. The van der Waals surface area contributed by atoms with E-state index < -0.39 is 0 Å². The summed E-state index contributed by atoms with van der Waals surface area (Å²) in [5, 5.41) is 0. The number of Topliss-reactive ketones (excluding diaryl/α,β-unsaturated/α-hetero) is 1. The van der Waals surface area contributed by atoms with E-state index in [1.165, 1.54) is 0 Å². The molecule has 0 aliphatic heterocycles. The van der Waals surface area contributed by atoms with Crippen molar-refractivity contribution in [1.82, 2.24) is 0 Å². The average Bonchev–Trinajstić information content (AvgIpc) is 2.45. The number of ether oxygens (including phenoxy) is 2. The van der Waals surface area contributed by atoms with Crippen molar-refractivity contribution in [1.29, 1.82) is 0 Å². The van der Waals surface area contributed by atoms with E-state index in [9.17, 15) is 4.79 Å². The van der Waals surface area contributed by atoms with Gasteiger partial charge in [0, 0.05) is 6.42 Å². The number of rotatable bonds is 6. The van der Waals surface area contributed by atoms with Gasteiger partial charge in [0.25, 0.3) is 0 Å². The molecule has 1 aromatic rings. The largest absolute Gasteiger partial charge is 0.497 e. The van der Waals surface area contributed by atoms with Crippen LogP contribution in [0.5, 0.6) is 5.75 Å². The molecular weight excluding hydrogens is 240 g/mol. The third-order valence-electron chi connectivity index (χ3n) is 4.41. The van der Waals surface area contributed by atoms with Crippen molar-refractivity contribution >= 4 is 5.78 Å². The molecule has 0 radical (unpaired) electrons. The molecule has 1 unspecified atom stereocenters. The van der Waals surface area contributed by atoms with Crippen LogP contribution in [0.3, 0.4) is 0 Å². The van der Waals surface area contributed by atoms with E-state index in [1.807, 2.05) is 24.3 Å². The molecule has 1 fully saturated rings. The minimum Gasteiger partial charge on any atom is -0.497 e. The first-order chi connectivity index (χ1) is 9.16. The summed E-state index contributed by atoms with van der Waals surface area (Å²) in [7, 11) is 1.66. The van der Waals surface area contributed by atoms with Crippen LogP contribution in [0.2, 0.25) is 0 Å². The zero-order chi connectivity index (χ0) is 13.9. The van der Waals surface area contributed by atoms with Gasteiger partial charge in [0.1, 0.15) is 11.5 Å². The Balaban J connectivity index is 1.93. The first-order valence-corrected chi connectivity index (χ1v) is 6.94. The van der Waals surface area contributed by atoms with Crippen molar-refractivity contribution in [2.45, 2.75) is 45.8 Å². The van der Waals surface area contributed by atoms with Gasteiger partial charge in [-0.15, -0.1) is 0 Å². The molecule has 0 amide bonds. The minimum atomic E-state index is -0.230. The summed E-state index contributed by atoms with van der Waals surface area (Å²) in [4.78, 5) is 11.8. The summed E-state index contributed by atoms with van der Waals surface area (Å²) in [6.45, 7) is 4.71. The van der Waals surface area contributed by atoms with Gasteiger partial charge in [-0.2, -0.15) is 0 Å². The average molecular weight is 262 g/mol. The van der Waals surface area contributed by atoms with Crippen molar-refractivity contribution in [2.24, 2.45) is 5.41 Å². The summed E-state index contributed by atoms with van der Waals surface area (Å²) in [6.07, 6.45) is 2.39. The minimum absolute atomic E-state index is 0.0806. The molecule has 1 atom stereocenters. The van der Waals surface area contributed by atoms with Crippen LogP contribution in [0, 0.1) is 5.41 Å². The van der Waals surface area contributed by atoms with Crippen LogP contribution < -0.4 is 4.74 Å². The molecule has 0 bridgehead atoms. The van der Waals surface area contributed by atoms with Gasteiger partial charge >= 0.3 is 0 Å². The summed E-state index contributed by atoms with van der Waals surface area (Å²) >= 11 is 0. The van der Waals surface area contributed by atoms with Gasteiger partial charge in [0.2, 0.25) is 0 Å². The normalized spacial score (nSPS) is 21.0. The van der Waals surface area contributed by atoms with E-state index >= 15 is 0 Å². The van der Waals surface area contributed by atoms with Gasteiger partial charge in [-0.25, -0.2) is 0 Å². The molecule has 0 saturated heterocycles. The van der Waals surface area contributed by atoms with Gasteiger partial charge < -0.3 is 9.47 Å². The van der Waals surface area contributed by atoms with Crippen LogP contribution >= 0.6 is 0 Å². The molecule has 0 aromatic heterocycles. The fourth-order valence-electron chi connectivity index (χ4n) is 2.85. The fourth-order valence-corrected chi connectivity index (χ4v) is 2.85. The highest BCUT2D eigenvalue weighted by Gasteiger charge is 2.52. The van der Waals surface area contributed by atoms with E-state index in [0.29, 0.717) is 18.8 Å². The van der Waals surface area contributed by atoms with E-state index in [0.717, 1.165) is 24.2 Å². The Labute approximate surface area is 114 Å². The van der Waals surface area contributed by atoms with E-state index in [-0.39, 0.29) is 11.5 Å². The third kappa shape index (κ3) is 2.52. The Morgan fingerprint density at radius 2 is 1.84 bits per heavy atom. The first-order valence-electron chi connectivity index (χ1n) is 6.94. The highest BCUT2D eigenvalue weighted by Crippen LogP contribution is 2.45. The molecule has 1 aliphatic rings. The molecule has 1 aromatic carbocycles. The Hall–Kier alpha value is -1.35. The topological polar surface area (TPSA) is 35.5 Å². The van der Waals surface area contributed by atoms with Crippen molar-refractivity contribution in [2.75, 3.05) is 7.11 Å². The first kappa shape index (κ1) is 14.1. The fraction of sp³-hybridized carbons (Fsp3) is 0.562. The summed E-state index contributed by atoms with van der Waals surface area (Å²) in [5.41, 5.74) is 0.883. The number of carbonyl (C=O) groups is 1. The second kappa shape index (κ2) is 5.74. The monoisotopic (exact) mass is 262 g/mol. The number of methoxy groups -OCH3 is 1. The molecule has 0 N–H and O–H groups in total. The number of hydrogen-bond acceptors (Lipinski definition) is 3.